The number of nitrogens with zero attached hydrogens (tertiary/aromatic N) is 2. The number of aryl methyl sites for hydroxylation is 1. The normalized spacial score (nSPS) is 10.9. The summed E-state index contributed by atoms with van der Waals surface area (Å²) in [5.74, 6) is -0.470. The van der Waals surface area contributed by atoms with Crippen LogP contribution in [-0.4, -0.2) is 22.0 Å². The van der Waals surface area contributed by atoms with Gasteiger partial charge in [0.2, 0.25) is 0 Å². The Morgan fingerprint density at radius 2 is 2.17 bits per heavy atom. The number of aromatic nitrogens is 1. The summed E-state index contributed by atoms with van der Waals surface area (Å²) in [6.45, 7) is 5.04. The topological polar surface area (TPSA) is 82.3 Å². The Morgan fingerprint density at radius 1 is 1.50 bits per heavy atom. The molecule has 1 rings (SSSR count). The third-order valence-corrected chi connectivity index (χ3v) is 2.02. The van der Waals surface area contributed by atoms with E-state index < -0.39 is 10.9 Å². The van der Waals surface area contributed by atoms with E-state index in [0.29, 0.717) is 11.4 Å². The fourth-order valence-corrected chi connectivity index (χ4v) is 1.28. The lowest BCUT2D eigenvalue weighted by Crippen LogP contribution is -2.08. The third kappa shape index (κ3) is 3.97. The molecule has 1 aromatic heterocycles. The van der Waals surface area contributed by atoms with Gasteiger partial charge in [-0.15, -0.1) is 0 Å². The van der Waals surface area contributed by atoms with Gasteiger partial charge in [-0.25, -0.2) is 9.78 Å². The Balaban J connectivity index is 2.80. The highest BCUT2D eigenvalue weighted by molar-refractivity contribution is 5.86. The molecule has 0 N–H and O–H groups in total. The van der Waals surface area contributed by atoms with Crippen molar-refractivity contribution in [2.75, 3.05) is 0 Å². The Labute approximate surface area is 104 Å². The largest absolute Gasteiger partial charge is 0.460 e. The molecule has 0 spiro atoms. The van der Waals surface area contributed by atoms with E-state index in [4.69, 9.17) is 4.74 Å². The number of nitro groups is 1. The van der Waals surface area contributed by atoms with E-state index >= 15 is 0 Å². The third-order valence-electron chi connectivity index (χ3n) is 2.02. The average Bonchev–Trinajstić information content (AvgIpc) is 2.25. The van der Waals surface area contributed by atoms with Crippen LogP contribution >= 0.6 is 0 Å². The molecule has 0 aromatic carbocycles. The number of carbonyl (C=O) groups is 1. The van der Waals surface area contributed by atoms with E-state index in [9.17, 15) is 14.9 Å². The van der Waals surface area contributed by atoms with Crippen molar-refractivity contribution in [3.63, 3.8) is 0 Å². The standard InChI is InChI=1S/C12H14N2O4/c1-8(2)18-12(15)7-5-10-4-6-11(14(16)17)9(3)13-10/h4-8H,1-3H3. The van der Waals surface area contributed by atoms with Crippen LogP contribution in [-0.2, 0) is 9.53 Å². The summed E-state index contributed by atoms with van der Waals surface area (Å²) in [5.41, 5.74) is 0.732. The van der Waals surface area contributed by atoms with Crippen molar-refractivity contribution in [2.45, 2.75) is 26.9 Å². The van der Waals surface area contributed by atoms with Gasteiger partial charge in [0.1, 0.15) is 5.69 Å². The minimum atomic E-state index is -0.497. The van der Waals surface area contributed by atoms with Crippen LogP contribution in [0.3, 0.4) is 0 Å². The van der Waals surface area contributed by atoms with E-state index in [0.717, 1.165) is 0 Å². The lowest BCUT2D eigenvalue weighted by molar-refractivity contribution is -0.385. The first-order chi connectivity index (χ1) is 8.40. The maximum atomic E-state index is 11.2. The molecule has 1 aromatic rings. The maximum Gasteiger partial charge on any atom is 0.331 e. The highest BCUT2D eigenvalue weighted by atomic mass is 16.6. The van der Waals surface area contributed by atoms with E-state index in [1.165, 1.54) is 24.3 Å². The number of esters is 1. The zero-order chi connectivity index (χ0) is 13.7. The molecule has 6 nitrogen and oxygen atoms in total. The Hall–Kier alpha value is -2.24. The molecule has 0 bridgehead atoms. The van der Waals surface area contributed by atoms with Crippen molar-refractivity contribution in [2.24, 2.45) is 0 Å². The van der Waals surface area contributed by atoms with Crippen LogP contribution in [0.15, 0.2) is 18.2 Å². The number of hydrogen-bond donors (Lipinski definition) is 0. The van der Waals surface area contributed by atoms with Gasteiger partial charge in [0, 0.05) is 12.1 Å². The van der Waals surface area contributed by atoms with Gasteiger partial charge >= 0.3 is 5.97 Å². The van der Waals surface area contributed by atoms with Crippen LogP contribution in [0, 0.1) is 17.0 Å². The molecule has 0 aliphatic heterocycles. The number of ether oxygens (including phenoxy) is 1. The molecule has 0 amide bonds. The fraction of sp³-hybridized carbons (Fsp3) is 0.333. The number of carbonyl (C=O) groups excluding carboxylic acids is 1. The second kappa shape index (κ2) is 5.90. The molecular formula is C12H14N2O4. The van der Waals surface area contributed by atoms with Gasteiger partial charge in [-0.05, 0) is 32.9 Å². The summed E-state index contributed by atoms with van der Waals surface area (Å²) >= 11 is 0. The molecule has 18 heavy (non-hydrogen) atoms. The molecule has 0 saturated carbocycles. The van der Waals surface area contributed by atoms with Gasteiger partial charge in [0.05, 0.1) is 16.7 Å². The van der Waals surface area contributed by atoms with Crippen molar-refractivity contribution in [3.05, 3.63) is 39.7 Å². The molecule has 0 atom stereocenters. The first-order valence-corrected chi connectivity index (χ1v) is 5.41. The Morgan fingerprint density at radius 3 is 2.67 bits per heavy atom. The molecule has 6 heteroatoms. The predicted molar refractivity (Wildman–Crippen MR) is 65.9 cm³/mol. The molecule has 0 fully saturated rings. The zero-order valence-electron chi connectivity index (χ0n) is 10.4. The molecule has 0 aliphatic carbocycles. The van der Waals surface area contributed by atoms with Crippen LogP contribution < -0.4 is 0 Å². The van der Waals surface area contributed by atoms with Crippen molar-refractivity contribution in [1.82, 2.24) is 4.98 Å². The highest BCUT2D eigenvalue weighted by Gasteiger charge is 2.10. The summed E-state index contributed by atoms with van der Waals surface area (Å²) < 4.78 is 4.90. The first-order valence-electron chi connectivity index (χ1n) is 5.41. The van der Waals surface area contributed by atoms with Crippen LogP contribution in [0.5, 0.6) is 0 Å². The van der Waals surface area contributed by atoms with Gasteiger partial charge < -0.3 is 4.74 Å². The van der Waals surface area contributed by atoms with E-state index in [2.05, 4.69) is 4.98 Å². The van der Waals surface area contributed by atoms with Gasteiger partial charge in [0.15, 0.2) is 0 Å². The van der Waals surface area contributed by atoms with Crippen molar-refractivity contribution < 1.29 is 14.5 Å². The number of hydrogen-bond acceptors (Lipinski definition) is 5. The second-order valence-electron chi connectivity index (χ2n) is 3.92. The van der Waals surface area contributed by atoms with Gasteiger partial charge in [0.25, 0.3) is 5.69 Å². The molecule has 0 aliphatic rings. The summed E-state index contributed by atoms with van der Waals surface area (Å²) in [7, 11) is 0. The van der Waals surface area contributed by atoms with Crippen LogP contribution in [0.25, 0.3) is 6.08 Å². The van der Waals surface area contributed by atoms with E-state index in [-0.39, 0.29) is 11.8 Å². The van der Waals surface area contributed by atoms with Crippen molar-refractivity contribution >= 4 is 17.7 Å². The second-order valence-corrected chi connectivity index (χ2v) is 3.92. The Bertz CT molecular complexity index is 495. The monoisotopic (exact) mass is 250 g/mol. The minimum absolute atomic E-state index is 0.0445. The summed E-state index contributed by atoms with van der Waals surface area (Å²) in [5, 5.41) is 10.6. The van der Waals surface area contributed by atoms with Crippen molar-refractivity contribution in [1.29, 1.82) is 0 Å². The van der Waals surface area contributed by atoms with Crippen LogP contribution in [0.1, 0.15) is 25.2 Å². The molecule has 1 heterocycles. The van der Waals surface area contributed by atoms with Crippen LogP contribution in [0.2, 0.25) is 0 Å². The molecule has 0 unspecified atom stereocenters. The lowest BCUT2D eigenvalue weighted by atomic mass is 10.2. The van der Waals surface area contributed by atoms with Gasteiger partial charge in [-0.2, -0.15) is 0 Å². The first kappa shape index (κ1) is 13.8. The molecule has 96 valence electrons. The van der Waals surface area contributed by atoms with E-state index in [1.807, 2.05) is 0 Å². The van der Waals surface area contributed by atoms with Crippen LogP contribution in [0.4, 0.5) is 5.69 Å². The maximum absolute atomic E-state index is 11.2. The highest BCUT2D eigenvalue weighted by Crippen LogP contribution is 2.15. The average molecular weight is 250 g/mol. The number of pyridine rings is 1. The quantitative estimate of drug-likeness (QED) is 0.354. The van der Waals surface area contributed by atoms with Gasteiger partial charge in [-0.1, -0.05) is 0 Å². The molecule has 0 saturated heterocycles. The Kier molecular flexibility index (Phi) is 4.53. The molecule has 0 radical (unpaired) electrons. The summed E-state index contributed by atoms with van der Waals surface area (Å²) in [4.78, 5) is 25.3. The fourth-order valence-electron chi connectivity index (χ4n) is 1.28. The lowest BCUT2D eigenvalue weighted by Gasteiger charge is -2.03. The predicted octanol–water partition coefficient (Wildman–Crippen LogP) is 2.26. The minimum Gasteiger partial charge on any atom is -0.460 e. The summed E-state index contributed by atoms with van der Waals surface area (Å²) in [6, 6.07) is 2.83. The zero-order valence-corrected chi connectivity index (χ0v) is 10.4. The summed E-state index contributed by atoms with van der Waals surface area (Å²) in [6.07, 6.45) is 2.52. The smallest absolute Gasteiger partial charge is 0.331 e. The van der Waals surface area contributed by atoms with E-state index in [1.54, 1.807) is 20.8 Å². The number of rotatable bonds is 4. The SMILES string of the molecule is Cc1nc(C=CC(=O)OC(C)C)ccc1[N+](=O)[O-]. The van der Waals surface area contributed by atoms with Crippen molar-refractivity contribution in [3.8, 4) is 0 Å². The van der Waals surface area contributed by atoms with Gasteiger partial charge in [-0.3, -0.25) is 10.1 Å². The molecular weight excluding hydrogens is 236 g/mol.